The van der Waals surface area contributed by atoms with Crippen LogP contribution in [-0.4, -0.2) is 11.0 Å². The van der Waals surface area contributed by atoms with E-state index in [1.54, 1.807) is 6.07 Å². The number of hydrogen-bond donors (Lipinski definition) is 2. The summed E-state index contributed by atoms with van der Waals surface area (Å²) in [7, 11) is 0. The van der Waals surface area contributed by atoms with Gasteiger partial charge in [-0.25, -0.2) is 8.78 Å². The van der Waals surface area contributed by atoms with Gasteiger partial charge in [0, 0.05) is 21.7 Å². The first-order valence-electron chi connectivity index (χ1n) is 5.85. The van der Waals surface area contributed by atoms with Gasteiger partial charge in [0.15, 0.2) is 5.84 Å². The molecular formula is C14H11BrF2N2O2. The molecule has 0 aromatic heterocycles. The molecule has 2 aromatic carbocycles. The van der Waals surface area contributed by atoms with Gasteiger partial charge in [-0.05, 0) is 24.3 Å². The van der Waals surface area contributed by atoms with Gasteiger partial charge in [0.25, 0.3) is 0 Å². The van der Waals surface area contributed by atoms with Gasteiger partial charge < -0.3 is 15.7 Å². The summed E-state index contributed by atoms with van der Waals surface area (Å²) in [4.78, 5) is 0. The molecule has 0 fully saturated rings. The van der Waals surface area contributed by atoms with Crippen LogP contribution < -0.4 is 10.5 Å². The highest BCUT2D eigenvalue weighted by atomic mass is 79.9. The van der Waals surface area contributed by atoms with Crippen LogP contribution >= 0.6 is 15.9 Å². The maximum absolute atomic E-state index is 13.2. The van der Waals surface area contributed by atoms with Gasteiger partial charge in [0.1, 0.15) is 24.0 Å². The fourth-order valence-corrected chi connectivity index (χ4v) is 2.18. The van der Waals surface area contributed by atoms with Crippen molar-refractivity contribution in [2.45, 2.75) is 6.61 Å². The van der Waals surface area contributed by atoms with Crippen LogP contribution in [0.2, 0.25) is 0 Å². The van der Waals surface area contributed by atoms with Crippen molar-refractivity contribution >= 4 is 21.8 Å². The Balaban J connectivity index is 2.23. The lowest BCUT2D eigenvalue weighted by Gasteiger charge is -2.11. The molecule has 0 unspecified atom stereocenters. The van der Waals surface area contributed by atoms with Gasteiger partial charge in [-0.3, -0.25) is 0 Å². The van der Waals surface area contributed by atoms with Gasteiger partial charge in [-0.1, -0.05) is 27.2 Å². The van der Waals surface area contributed by atoms with Crippen molar-refractivity contribution in [1.82, 2.24) is 0 Å². The first-order valence-corrected chi connectivity index (χ1v) is 6.64. The molecule has 0 saturated heterocycles. The summed E-state index contributed by atoms with van der Waals surface area (Å²) >= 11 is 3.16. The Hall–Kier alpha value is -2.15. The third kappa shape index (κ3) is 3.91. The van der Waals surface area contributed by atoms with Crippen LogP contribution in [0.1, 0.15) is 11.1 Å². The van der Waals surface area contributed by atoms with Crippen LogP contribution in [0.3, 0.4) is 0 Å². The molecule has 7 heteroatoms. The summed E-state index contributed by atoms with van der Waals surface area (Å²) in [5.74, 6) is -0.894. The van der Waals surface area contributed by atoms with E-state index in [0.29, 0.717) is 15.8 Å². The number of halogens is 3. The maximum Gasteiger partial charge on any atom is 0.170 e. The van der Waals surface area contributed by atoms with Crippen LogP contribution in [0.5, 0.6) is 5.75 Å². The summed E-state index contributed by atoms with van der Waals surface area (Å²) in [6.45, 7) is 0.0156. The van der Waals surface area contributed by atoms with Gasteiger partial charge >= 0.3 is 0 Å². The van der Waals surface area contributed by atoms with Crippen molar-refractivity contribution in [1.29, 1.82) is 0 Å². The maximum atomic E-state index is 13.2. The first kappa shape index (κ1) is 15.2. The summed E-state index contributed by atoms with van der Waals surface area (Å²) in [5.41, 5.74) is 6.21. The quantitative estimate of drug-likeness (QED) is 0.381. The number of hydrogen-bond acceptors (Lipinski definition) is 3. The molecule has 2 aromatic rings. The molecule has 0 aliphatic rings. The molecule has 0 amide bonds. The van der Waals surface area contributed by atoms with E-state index in [9.17, 15) is 8.78 Å². The molecule has 0 spiro atoms. The van der Waals surface area contributed by atoms with E-state index in [1.165, 1.54) is 24.3 Å². The highest BCUT2D eigenvalue weighted by Gasteiger charge is 2.10. The van der Waals surface area contributed by atoms with Crippen molar-refractivity contribution < 1.29 is 18.7 Å². The zero-order valence-electron chi connectivity index (χ0n) is 10.7. The molecule has 0 aliphatic carbocycles. The van der Waals surface area contributed by atoms with Crippen molar-refractivity contribution in [2.75, 3.05) is 0 Å². The van der Waals surface area contributed by atoms with E-state index >= 15 is 0 Å². The first-order chi connectivity index (χ1) is 9.99. The molecule has 21 heavy (non-hydrogen) atoms. The SMILES string of the molecule is N/C(=N/O)c1cc(F)ccc1COc1cc(F)cc(Br)c1. The lowest BCUT2D eigenvalue weighted by molar-refractivity contribution is 0.303. The topological polar surface area (TPSA) is 67.8 Å². The fourth-order valence-electron chi connectivity index (χ4n) is 1.74. The molecule has 0 atom stereocenters. The number of ether oxygens (including phenoxy) is 1. The fraction of sp³-hybridized carbons (Fsp3) is 0.0714. The molecule has 0 saturated carbocycles. The Morgan fingerprint density at radius 3 is 2.62 bits per heavy atom. The molecule has 4 nitrogen and oxygen atoms in total. The Morgan fingerprint density at radius 2 is 1.95 bits per heavy atom. The minimum absolute atomic E-state index is 0.0156. The second-order valence-corrected chi connectivity index (χ2v) is 5.10. The highest BCUT2D eigenvalue weighted by Crippen LogP contribution is 2.22. The Labute approximate surface area is 128 Å². The number of rotatable bonds is 4. The summed E-state index contributed by atoms with van der Waals surface area (Å²) < 4.78 is 32.4. The zero-order valence-corrected chi connectivity index (χ0v) is 12.3. The van der Waals surface area contributed by atoms with E-state index in [0.717, 1.165) is 6.07 Å². The summed E-state index contributed by atoms with van der Waals surface area (Å²) in [5, 5.41) is 11.6. The molecule has 2 rings (SSSR count). The molecular weight excluding hydrogens is 346 g/mol. The van der Waals surface area contributed by atoms with Crippen LogP contribution in [0.4, 0.5) is 8.78 Å². The average molecular weight is 357 g/mol. The number of nitrogens with two attached hydrogens (primary N) is 1. The number of benzene rings is 2. The smallest absolute Gasteiger partial charge is 0.170 e. The Bertz CT molecular complexity index is 672. The van der Waals surface area contributed by atoms with E-state index < -0.39 is 11.6 Å². The molecule has 3 N–H and O–H groups in total. The predicted molar refractivity (Wildman–Crippen MR) is 77.3 cm³/mol. The predicted octanol–water partition coefficient (Wildman–Crippen LogP) is 3.40. The second-order valence-electron chi connectivity index (χ2n) is 4.18. The van der Waals surface area contributed by atoms with E-state index in [1.807, 2.05) is 0 Å². The molecule has 110 valence electrons. The Kier molecular flexibility index (Phi) is 4.74. The van der Waals surface area contributed by atoms with Crippen molar-refractivity contribution in [2.24, 2.45) is 10.9 Å². The van der Waals surface area contributed by atoms with E-state index in [2.05, 4.69) is 21.1 Å². The van der Waals surface area contributed by atoms with Crippen molar-refractivity contribution in [3.8, 4) is 5.75 Å². The van der Waals surface area contributed by atoms with E-state index in [4.69, 9.17) is 15.7 Å². The van der Waals surface area contributed by atoms with E-state index in [-0.39, 0.29) is 18.0 Å². The normalized spacial score (nSPS) is 11.5. The zero-order chi connectivity index (χ0) is 15.4. The number of oxime groups is 1. The monoisotopic (exact) mass is 356 g/mol. The van der Waals surface area contributed by atoms with Crippen molar-refractivity contribution in [3.05, 3.63) is 63.6 Å². The van der Waals surface area contributed by atoms with Crippen LogP contribution in [0, 0.1) is 11.6 Å². The minimum Gasteiger partial charge on any atom is -0.489 e. The molecule has 0 bridgehead atoms. The molecule has 0 heterocycles. The van der Waals surface area contributed by atoms with Crippen LogP contribution in [0.15, 0.2) is 46.0 Å². The van der Waals surface area contributed by atoms with Crippen molar-refractivity contribution in [3.63, 3.8) is 0 Å². The van der Waals surface area contributed by atoms with Crippen LogP contribution in [-0.2, 0) is 6.61 Å². The number of nitrogens with zero attached hydrogens (tertiary/aromatic N) is 1. The second kappa shape index (κ2) is 6.53. The third-order valence-corrected chi connectivity index (χ3v) is 3.14. The largest absolute Gasteiger partial charge is 0.489 e. The molecule has 0 aliphatic heterocycles. The average Bonchev–Trinajstić information content (AvgIpc) is 2.44. The molecule has 0 radical (unpaired) electrons. The highest BCUT2D eigenvalue weighted by molar-refractivity contribution is 9.10. The lowest BCUT2D eigenvalue weighted by atomic mass is 10.1. The van der Waals surface area contributed by atoms with Gasteiger partial charge in [0.2, 0.25) is 0 Å². The van der Waals surface area contributed by atoms with Gasteiger partial charge in [-0.15, -0.1) is 0 Å². The lowest BCUT2D eigenvalue weighted by Crippen LogP contribution is -2.17. The number of amidine groups is 1. The Morgan fingerprint density at radius 1 is 1.19 bits per heavy atom. The summed E-state index contributed by atoms with van der Waals surface area (Å²) in [6.07, 6.45) is 0. The van der Waals surface area contributed by atoms with Crippen LogP contribution in [0.25, 0.3) is 0 Å². The summed E-state index contributed by atoms with van der Waals surface area (Å²) in [6, 6.07) is 7.93. The van der Waals surface area contributed by atoms with Gasteiger partial charge in [-0.2, -0.15) is 0 Å². The third-order valence-electron chi connectivity index (χ3n) is 2.69. The minimum atomic E-state index is -0.520. The standard InChI is InChI=1S/C14H11BrF2N2O2/c15-9-3-11(17)5-12(4-9)21-7-8-1-2-10(16)6-13(8)14(18)19-20/h1-6,20H,7H2,(H2,18,19). The van der Waals surface area contributed by atoms with Gasteiger partial charge in [0.05, 0.1) is 0 Å².